The second kappa shape index (κ2) is 9.18. The van der Waals surface area contributed by atoms with Crippen LogP contribution in [0.3, 0.4) is 0 Å². The lowest BCUT2D eigenvalue weighted by Gasteiger charge is -2.20. The molecule has 23 heavy (non-hydrogen) atoms. The molecule has 0 saturated heterocycles. The molecule has 5 heteroatoms. The monoisotopic (exact) mass is 318 g/mol. The fourth-order valence-electron chi connectivity index (χ4n) is 2.92. The zero-order chi connectivity index (χ0) is 16.5. The molecule has 0 heterocycles. The van der Waals surface area contributed by atoms with E-state index in [-0.39, 0.29) is 5.91 Å². The van der Waals surface area contributed by atoms with E-state index < -0.39 is 0 Å². The summed E-state index contributed by atoms with van der Waals surface area (Å²) in [5, 5.41) is 4.04. The van der Waals surface area contributed by atoms with Crippen molar-refractivity contribution in [2.24, 2.45) is 11.0 Å². The van der Waals surface area contributed by atoms with Gasteiger partial charge >= 0.3 is 0 Å². The number of ether oxygens (including phenoxy) is 2. The molecule has 0 atom stereocenters. The lowest BCUT2D eigenvalue weighted by molar-refractivity contribution is -0.122. The van der Waals surface area contributed by atoms with Gasteiger partial charge in [0.25, 0.3) is 0 Å². The quantitative estimate of drug-likeness (QED) is 0.618. The largest absolute Gasteiger partial charge is 0.493 e. The summed E-state index contributed by atoms with van der Waals surface area (Å²) in [4.78, 5) is 11.9. The van der Waals surface area contributed by atoms with Crippen LogP contribution in [-0.2, 0) is 4.79 Å². The van der Waals surface area contributed by atoms with Crippen LogP contribution in [0.4, 0.5) is 0 Å². The molecule has 0 aliphatic heterocycles. The number of rotatable bonds is 7. The minimum absolute atomic E-state index is 0.00829. The van der Waals surface area contributed by atoms with Crippen molar-refractivity contribution in [3.63, 3.8) is 0 Å². The van der Waals surface area contributed by atoms with Crippen LogP contribution in [0.2, 0.25) is 0 Å². The average Bonchev–Trinajstić information content (AvgIpc) is 2.57. The van der Waals surface area contributed by atoms with E-state index in [1.165, 1.54) is 19.3 Å². The lowest BCUT2D eigenvalue weighted by Crippen LogP contribution is -2.22. The summed E-state index contributed by atoms with van der Waals surface area (Å²) in [6, 6.07) is 5.56. The van der Waals surface area contributed by atoms with Crippen molar-refractivity contribution < 1.29 is 14.3 Å². The fourth-order valence-corrected chi connectivity index (χ4v) is 2.92. The van der Waals surface area contributed by atoms with Gasteiger partial charge < -0.3 is 9.47 Å². The summed E-state index contributed by atoms with van der Waals surface area (Å²) in [6.07, 6.45) is 8.30. The molecule has 1 aromatic rings. The van der Waals surface area contributed by atoms with Crippen LogP contribution < -0.4 is 14.9 Å². The van der Waals surface area contributed by atoms with Crippen molar-refractivity contribution in [2.45, 2.75) is 45.4 Å². The Hall–Kier alpha value is -2.04. The predicted molar refractivity (Wildman–Crippen MR) is 91.1 cm³/mol. The number of amides is 1. The molecule has 2 rings (SSSR count). The van der Waals surface area contributed by atoms with Crippen LogP contribution in [0.25, 0.3) is 0 Å². The lowest BCUT2D eigenvalue weighted by atomic mass is 9.87. The Morgan fingerprint density at radius 1 is 1.30 bits per heavy atom. The van der Waals surface area contributed by atoms with Gasteiger partial charge in [0.1, 0.15) is 0 Å². The molecule has 0 radical (unpaired) electrons. The van der Waals surface area contributed by atoms with Crippen LogP contribution in [0.15, 0.2) is 23.3 Å². The minimum Gasteiger partial charge on any atom is -0.493 e. The highest BCUT2D eigenvalue weighted by Gasteiger charge is 2.16. The van der Waals surface area contributed by atoms with Crippen LogP contribution in [0.5, 0.6) is 11.5 Å². The van der Waals surface area contributed by atoms with Gasteiger partial charge in [-0.25, -0.2) is 5.43 Å². The number of hydrazone groups is 1. The molecular weight excluding hydrogens is 292 g/mol. The summed E-state index contributed by atoms with van der Waals surface area (Å²) >= 11 is 0. The number of benzene rings is 1. The highest BCUT2D eigenvalue weighted by Crippen LogP contribution is 2.27. The molecule has 0 spiro atoms. The Balaban J connectivity index is 1.85. The molecule has 1 aliphatic rings. The summed E-state index contributed by atoms with van der Waals surface area (Å²) in [7, 11) is 1.60. The van der Waals surface area contributed by atoms with Gasteiger partial charge in [-0.1, -0.05) is 19.3 Å². The van der Waals surface area contributed by atoms with E-state index in [1.807, 2.05) is 25.1 Å². The molecule has 0 aromatic heterocycles. The Kier molecular flexibility index (Phi) is 6.91. The molecular formula is C18H26N2O3. The number of nitrogens with one attached hydrogen (secondary N) is 1. The normalized spacial score (nSPS) is 15.6. The third-order valence-corrected chi connectivity index (χ3v) is 4.09. The maximum absolute atomic E-state index is 11.9. The van der Waals surface area contributed by atoms with Gasteiger partial charge in [0.2, 0.25) is 5.91 Å². The van der Waals surface area contributed by atoms with E-state index in [2.05, 4.69) is 10.5 Å². The van der Waals surface area contributed by atoms with E-state index in [0.717, 1.165) is 18.4 Å². The summed E-state index contributed by atoms with van der Waals surface area (Å²) < 4.78 is 10.8. The average molecular weight is 318 g/mol. The van der Waals surface area contributed by atoms with Crippen molar-refractivity contribution >= 4 is 12.1 Å². The molecule has 1 aliphatic carbocycles. The SMILES string of the molecule is CCOc1ccc(C=NNC(=O)CC2CCCCC2)cc1OC. The number of carbonyl (C=O) groups excluding carboxylic acids is 1. The zero-order valence-corrected chi connectivity index (χ0v) is 14.0. The number of carbonyl (C=O) groups is 1. The Bertz CT molecular complexity index is 537. The van der Waals surface area contributed by atoms with Gasteiger partial charge in [0.15, 0.2) is 11.5 Å². The second-order valence-corrected chi connectivity index (χ2v) is 5.84. The van der Waals surface area contributed by atoms with Crippen molar-refractivity contribution in [2.75, 3.05) is 13.7 Å². The predicted octanol–water partition coefficient (Wildman–Crippen LogP) is 3.51. The first-order valence-corrected chi connectivity index (χ1v) is 8.35. The smallest absolute Gasteiger partial charge is 0.240 e. The third kappa shape index (κ3) is 5.58. The van der Waals surface area contributed by atoms with E-state index >= 15 is 0 Å². The van der Waals surface area contributed by atoms with E-state index in [4.69, 9.17) is 9.47 Å². The number of methoxy groups -OCH3 is 1. The minimum atomic E-state index is -0.00829. The van der Waals surface area contributed by atoms with Crippen molar-refractivity contribution in [1.29, 1.82) is 0 Å². The van der Waals surface area contributed by atoms with Gasteiger partial charge in [-0.15, -0.1) is 0 Å². The summed E-state index contributed by atoms with van der Waals surface area (Å²) in [5.74, 6) is 1.87. The molecule has 1 N–H and O–H groups in total. The number of hydrogen-bond acceptors (Lipinski definition) is 4. The fraction of sp³-hybridized carbons (Fsp3) is 0.556. The van der Waals surface area contributed by atoms with Gasteiger partial charge in [-0.2, -0.15) is 5.10 Å². The third-order valence-electron chi connectivity index (χ3n) is 4.09. The standard InChI is InChI=1S/C18H26N2O3/c1-3-23-16-10-9-15(11-17(16)22-2)13-19-20-18(21)12-14-7-5-4-6-8-14/h9-11,13-14H,3-8,12H2,1-2H3,(H,20,21). The second-order valence-electron chi connectivity index (χ2n) is 5.84. The van der Waals surface area contributed by atoms with Gasteiger partial charge in [-0.05, 0) is 49.4 Å². The Morgan fingerprint density at radius 3 is 2.78 bits per heavy atom. The first-order valence-electron chi connectivity index (χ1n) is 8.35. The number of hydrogen-bond donors (Lipinski definition) is 1. The van der Waals surface area contributed by atoms with Crippen molar-refractivity contribution in [3.05, 3.63) is 23.8 Å². The Labute approximate surface area is 138 Å². The highest BCUT2D eigenvalue weighted by molar-refractivity contribution is 5.83. The van der Waals surface area contributed by atoms with Crippen molar-refractivity contribution in [3.8, 4) is 11.5 Å². The van der Waals surface area contributed by atoms with Crippen LogP contribution >= 0.6 is 0 Å². The van der Waals surface area contributed by atoms with E-state index in [9.17, 15) is 4.79 Å². The first-order chi connectivity index (χ1) is 11.2. The van der Waals surface area contributed by atoms with Crippen molar-refractivity contribution in [1.82, 2.24) is 5.43 Å². The highest BCUT2D eigenvalue weighted by atomic mass is 16.5. The molecule has 1 saturated carbocycles. The van der Waals surface area contributed by atoms with Crippen LogP contribution in [-0.4, -0.2) is 25.8 Å². The molecule has 0 bridgehead atoms. The van der Waals surface area contributed by atoms with Gasteiger partial charge in [-0.3, -0.25) is 4.79 Å². The molecule has 5 nitrogen and oxygen atoms in total. The molecule has 1 aromatic carbocycles. The molecule has 1 amide bonds. The summed E-state index contributed by atoms with van der Waals surface area (Å²) in [5.41, 5.74) is 3.46. The van der Waals surface area contributed by atoms with E-state index in [1.54, 1.807) is 13.3 Å². The molecule has 0 unspecified atom stereocenters. The van der Waals surface area contributed by atoms with Gasteiger partial charge in [0.05, 0.1) is 19.9 Å². The maximum Gasteiger partial charge on any atom is 0.240 e. The zero-order valence-electron chi connectivity index (χ0n) is 14.0. The van der Waals surface area contributed by atoms with Gasteiger partial charge in [0, 0.05) is 6.42 Å². The van der Waals surface area contributed by atoms with Crippen LogP contribution in [0.1, 0.15) is 51.0 Å². The number of nitrogens with zero attached hydrogens (tertiary/aromatic N) is 1. The Morgan fingerprint density at radius 2 is 2.09 bits per heavy atom. The first kappa shape index (κ1) is 17.3. The van der Waals surface area contributed by atoms with E-state index in [0.29, 0.717) is 30.4 Å². The molecule has 126 valence electrons. The molecule has 1 fully saturated rings. The maximum atomic E-state index is 11.9. The topological polar surface area (TPSA) is 59.9 Å². The summed E-state index contributed by atoms with van der Waals surface area (Å²) in [6.45, 7) is 2.51. The van der Waals surface area contributed by atoms with Crippen LogP contribution in [0, 0.1) is 5.92 Å².